The molecule has 0 amide bonds. The molecule has 0 saturated carbocycles. The van der Waals surface area contributed by atoms with Crippen LogP contribution in [-0.2, 0) is 9.47 Å². The summed E-state index contributed by atoms with van der Waals surface area (Å²) in [7, 11) is 0. The van der Waals surface area contributed by atoms with Gasteiger partial charge >= 0.3 is 6.16 Å². The van der Waals surface area contributed by atoms with Crippen molar-refractivity contribution >= 4 is 6.16 Å². The van der Waals surface area contributed by atoms with Crippen molar-refractivity contribution < 1.29 is 14.3 Å². The number of hydrogen-bond acceptors (Lipinski definition) is 3. The van der Waals surface area contributed by atoms with E-state index in [1.165, 1.54) is 0 Å². The summed E-state index contributed by atoms with van der Waals surface area (Å²) in [6, 6.07) is 0. The SMILES string of the molecule is [CH2]CCCCCOC(=O)OCC. The van der Waals surface area contributed by atoms with Gasteiger partial charge in [-0.25, -0.2) is 4.79 Å². The van der Waals surface area contributed by atoms with Crippen molar-refractivity contribution in [1.82, 2.24) is 0 Å². The molecule has 0 heterocycles. The molecule has 71 valence electrons. The Kier molecular flexibility index (Phi) is 7.86. The molecular weight excluding hydrogens is 156 g/mol. The van der Waals surface area contributed by atoms with Crippen molar-refractivity contribution in [3.63, 3.8) is 0 Å². The number of hydrogen-bond donors (Lipinski definition) is 0. The monoisotopic (exact) mass is 173 g/mol. The zero-order valence-corrected chi connectivity index (χ0v) is 7.67. The summed E-state index contributed by atoms with van der Waals surface area (Å²) in [6.45, 7) is 6.30. The highest BCUT2D eigenvalue weighted by atomic mass is 16.7. The lowest BCUT2D eigenvalue weighted by Gasteiger charge is -2.03. The van der Waals surface area contributed by atoms with Gasteiger partial charge in [-0.1, -0.05) is 26.2 Å². The van der Waals surface area contributed by atoms with E-state index in [-0.39, 0.29) is 0 Å². The Balaban J connectivity index is 3.03. The number of ether oxygens (including phenoxy) is 2. The van der Waals surface area contributed by atoms with Crippen LogP contribution in [0.5, 0.6) is 0 Å². The van der Waals surface area contributed by atoms with E-state index in [1.807, 2.05) is 0 Å². The Morgan fingerprint density at radius 3 is 2.58 bits per heavy atom. The first-order valence-corrected chi connectivity index (χ1v) is 4.40. The summed E-state index contributed by atoms with van der Waals surface area (Å²) >= 11 is 0. The minimum atomic E-state index is -0.563. The van der Waals surface area contributed by atoms with Crippen molar-refractivity contribution in [2.45, 2.75) is 32.6 Å². The largest absolute Gasteiger partial charge is 0.508 e. The summed E-state index contributed by atoms with van der Waals surface area (Å²) in [6.07, 6.45) is 3.43. The van der Waals surface area contributed by atoms with E-state index in [0.717, 1.165) is 25.7 Å². The lowest BCUT2D eigenvalue weighted by molar-refractivity contribution is 0.0579. The predicted octanol–water partition coefficient (Wildman–Crippen LogP) is 2.55. The van der Waals surface area contributed by atoms with Crippen LogP contribution in [0.4, 0.5) is 4.79 Å². The molecule has 0 N–H and O–H groups in total. The maximum atomic E-state index is 10.6. The molecule has 0 bridgehead atoms. The van der Waals surface area contributed by atoms with Crippen LogP contribution in [0.25, 0.3) is 0 Å². The Labute approximate surface area is 74.0 Å². The van der Waals surface area contributed by atoms with Gasteiger partial charge in [-0.05, 0) is 13.3 Å². The van der Waals surface area contributed by atoms with Gasteiger partial charge in [0.25, 0.3) is 0 Å². The zero-order valence-electron chi connectivity index (χ0n) is 7.67. The normalized spacial score (nSPS) is 9.50. The molecule has 0 aromatic rings. The Hall–Kier alpha value is -0.730. The van der Waals surface area contributed by atoms with Crippen LogP contribution in [0, 0.1) is 6.92 Å². The lowest BCUT2D eigenvalue weighted by Crippen LogP contribution is -2.07. The van der Waals surface area contributed by atoms with Crippen LogP contribution in [0.1, 0.15) is 32.6 Å². The van der Waals surface area contributed by atoms with Gasteiger partial charge in [-0.3, -0.25) is 0 Å². The van der Waals surface area contributed by atoms with Crippen LogP contribution in [-0.4, -0.2) is 19.4 Å². The Morgan fingerprint density at radius 1 is 1.25 bits per heavy atom. The fraction of sp³-hybridized carbons (Fsp3) is 0.778. The summed E-state index contributed by atoms with van der Waals surface area (Å²) in [5.74, 6) is 0. The average molecular weight is 173 g/mol. The first-order chi connectivity index (χ1) is 5.81. The summed E-state index contributed by atoms with van der Waals surface area (Å²) in [5, 5.41) is 0. The predicted molar refractivity (Wildman–Crippen MR) is 46.8 cm³/mol. The van der Waals surface area contributed by atoms with Gasteiger partial charge in [-0.2, -0.15) is 0 Å². The first kappa shape index (κ1) is 11.3. The Morgan fingerprint density at radius 2 is 2.00 bits per heavy atom. The fourth-order valence-electron chi connectivity index (χ4n) is 0.771. The van der Waals surface area contributed by atoms with E-state index in [9.17, 15) is 4.79 Å². The third-order valence-electron chi connectivity index (χ3n) is 1.38. The molecule has 0 spiro atoms. The van der Waals surface area contributed by atoms with Crippen LogP contribution in [0.2, 0.25) is 0 Å². The molecule has 3 heteroatoms. The number of rotatable bonds is 6. The van der Waals surface area contributed by atoms with Gasteiger partial charge in [0.2, 0.25) is 0 Å². The van der Waals surface area contributed by atoms with Crippen molar-refractivity contribution in [1.29, 1.82) is 0 Å². The Bertz CT molecular complexity index is 112. The second kappa shape index (κ2) is 8.37. The van der Waals surface area contributed by atoms with Crippen molar-refractivity contribution in [2.24, 2.45) is 0 Å². The molecule has 3 nitrogen and oxygen atoms in total. The lowest BCUT2D eigenvalue weighted by atomic mass is 10.2. The minimum Gasteiger partial charge on any atom is -0.435 e. The van der Waals surface area contributed by atoms with Crippen molar-refractivity contribution in [2.75, 3.05) is 13.2 Å². The second-order valence-electron chi connectivity index (χ2n) is 2.45. The quantitative estimate of drug-likeness (QED) is 0.457. The molecule has 0 saturated heterocycles. The van der Waals surface area contributed by atoms with Gasteiger partial charge in [0.15, 0.2) is 0 Å². The molecule has 12 heavy (non-hydrogen) atoms. The van der Waals surface area contributed by atoms with Gasteiger partial charge in [0.1, 0.15) is 0 Å². The highest BCUT2D eigenvalue weighted by Crippen LogP contribution is 1.99. The van der Waals surface area contributed by atoms with Crippen LogP contribution in [0.3, 0.4) is 0 Å². The standard InChI is InChI=1S/C9H17O3/c1-3-5-6-7-8-12-9(10)11-4-2/h1,3-8H2,2H3. The molecule has 0 aliphatic carbocycles. The van der Waals surface area contributed by atoms with Crippen molar-refractivity contribution in [3.05, 3.63) is 6.92 Å². The third kappa shape index (κ3) is 7.38. The number of carbonyl (C=O) groups excluding carboxylic acids is 1. The van der Waals surface area contributed by atoms with Crippen LogP contribution >= 0.6 is 0 Å². The third-order valence-corrected chi connectivity index (χ3v) is 1.38. The van der Waals surface area contributed by atoms with Crippen LogP contribution in [0.15, 0.2) is 0 Å². The molecule has 0 atom stereocenters. The second-order valence-corrected chi connectivity index (χ2v) is 2.45. The molecular formula is C9H17O3. The van der Waals surface area contributed by atoms with Gasteiger partial charge in [0, 0.05) is 0 Å². The van der Waals surface area contributed by atoms with Gasteiger partial charge in [0.05, 0.1) is 13.2 Å². The highest BCUT2D eigenvalue weighted by molar-refractivity contribution is 5.59. The highest BCUT2D eigenvalue weighted by Gasteiger charge is 1.99. The maximum Gasteiger partial charge on any atom is 0.508 e. The van der Waals surface area contributed by atoms with E-state index in [1.54, 1.807) is 6.92 Å². The average Bonchev–Trinajstić information content (AvgIpc) is 2.05. The molecule has 0 aliphatic heterocycles. The first-order valence-electron chi connectivity index (χ1n) is 4.40. The van der Waals surface area contributed by atoms with Gasteiger partial charge < -0.3 is 9.47 Å². The van der Waals surface area contributed by atoms with E-state index < -0.39 is 6.16 Å². The molecule has 0 unspecified atom stereocenters. The number of carbonyl (C=O) groups is 1. The van der Waals surface area contributed by atoms with E-state index in [2.05, 4.69) is 11.7 Å². The molecule has 0 fully saturated rings. The van der Waals surface area contributed by atoms with E-state index in [4.69, 9.17) is 4.74 Å². The van der Waals surface area contributed by atoms with Crippen LogP contribution < -0.4 is 0 Å². The van der Waals surface area contributed by atoms with E-state index in [0.29, 0.717) is 13.2 Å². The van der Waals surface area contributed by atoms with Gasteiger partial charge in [-0.15, -0.1) is 0 Å². The molecule has 0 aromatic carbocycles. The smallest absolute Gasteiger partial charge is 0.435 e. The summed E-state index contributed by atoms with van der Waals surface area (Å²) in [4.78, 5) is 10.6. The van der Waals surface area contributed by atoms with Crippen molar-refractivity contribution in [3.8, 4) is 0 Å². The topological polar surface area (TPSA) is 35.5 Å². The molecule has 0 aliphatic rings. The maximum absolute atomic E-state index is 10.6. The fourth-order valence-corrected chi connectivity index (χ4v) is 0.771. The molecule has 0 aromatic heterocycles. The van der Waals surface area contributed by atoms with E-state index >= 15 is 0 Å². The molecule has 1 radical (unpaired) electrons. The summed E-state index contributed by atoms with van der Waals surface area (Å²) < 4.78 is 9.32. The number of unbranched alkanes of at least 4 members (excludes halogenated alkanes) is 3. The summed E-state index contributed by atoms with van der Waals surface area (Å²) in [5.41, 5.74) is 0. The minimum absolute atomic E-state index is 0.373. The zero-order chi connectivity index (χ0) is 9.23. The molecule has 0 rings (SSSR count).